The fourth-order valence-corrected chi connectivity index (χ4v) is 1.94. The lowest BCUT2D eigenvalue weighted by atomic mass is 10.0. The van der Waals surface area contributed by atoms with E-state index in [1.165, 1.54) is 0 Å². The summed E-state index contributed by atoms with van der Waals surface area (Å²) in [5, 5.41) is 13.2. The van der Waals surface area contributed by atoms with Crippen LogP contribution in [0.1, 0.15) is 26.0 Å². The molecular weight excluding hydrogens is 296 g/mol. The fraction of sp³-hybridized carbons (Fsp3) is 0.500. The summed E-state index contributed by atoms with van der Waals surface area (Å²) >= 11 is 3.34. The Kier molecular flexibility index (Phi) is 3.99. The smallest absolute Gasteiger partial charge is 0.155 e. The Balaban J connectivity index is 2.06. The molecule has 2 N–H and O–H groups in total. The second-order valence-electron chi connectivity index (χ2n) is 4.64. The molecule has 0 bridgehead atoms. The minimum atomic E-state index is -0.664. The number of hydrogen-bond acceptors (Lipinski definition) is 4. The molecular formula is C12H17BrN4O. The Hall–Kier alpha value is -0.980. The standard InChI is InChI=1S/C12H17BrN4O/c1-3-12(2,18)8-14-4-9-5-16-11-6-15-10(13)7-17(9)11/h5-7,14,18H,3-4,8H2,1-2H3. The van der Waals surface area contributed by atoms with Crippen LogP contribution in [0.3, 0.4) is 0 Å². The van der Waals surface area contributed by atoms with E-state index < -0.39 is 5.60 Å². The normalized spacial score (nSPS) is 14.9. The maximum atomic E-state index is 9.91. The number of aromatic nitrogens is 3. The number of nitrogens with one attached hydrogen (secondary N) is 1. The largest absolute Gasteiger partial charge is 0.389 e. The van der Waals surface area contributed by atoms with Crippen molar-refractivity contribution in [3.05, 3.63) is 28.9 Å². The summed E-state index contributed by atoms with van der Waals surface area (Å²) < 4.78 is 2.75. The van der Waals surface area contributed by atoms with Gasteiger partial charge in [-0.1, -0.05) is 6.92 Å². The van der Waals surface area contributed by atoms with Gasteiger partial charge in [-0.3, -0.25) is 4.40 Å². The lowest BCUT2D eigenvalue weighted by Gasteiger charge is -2.21. The number of nitrogens with zero attached hydrogens (tertiary/aromatic N) is 3. The Morgan fingerprint density at radius 2 is 2.22 bits per heavy atom. The molecule has 18 heavy (non-hydrogen) atoms. The first-order valence-electron chi connectivity index (χ1n) is 5.92. The highest BCUT2D eigenvalue weighted by Gasteiger charge is 2.16. The van der Waals surface area contributed by atoms with Gasteiger partial charge < -0.3 is 10.4 Å². The third-order valence-corrected chi connectivity index (χ3v) is 3.42. The molecule has 2 aromatic rings. The van der Waals surface area contributed by atoms with E-state index in [1.807, 2.05) is 30.6 Å². The zero-order valence-electron chi connectivity index (χ0n) is 10.5. The predicted octanol–water partition coefficient (Wildman–Crippen LogP) is 1.74. The molecule has 0 fully saturated rings. The van der Waals surface area contributed by atoms with E-state index in [4.69, 9.17) is 0 Å². The fourth-order valence-electron chi connectivity index (χ4n) is 1.63. The zero-order valence-corrected chi connectivity index (χ0v) is 12.1. The number of halogens is 1. The van der Waals surface area contributed by atoms with Crippen molar-refractivity contribution in [2.45, 2.75) is 32.4 Å². The summed E-state index contributed by atoms with van der Waals surface area (Å²) in [5.41, 5.74) is 1.19. The van der Waals surface area contributed by atoms with Crippen LogP contribution in [0.5, 0.6) is 0 Å². The SMILES string of the molecule is CCC(C)(O)CNCc1cnc2cnc(Br)cn12. The van der Waals surface area contributed by atoms with Gasteiger partial charge in [0.25, 0.3) is 0 Å². The molecule has 0 aliphatic carbocycles. The van der Waals surface area contributed by atoms with Gasteiger partial charge in [0.05, 0.1) is 23.7 Å². The maximum Gasteiger partial charge on any atom is 0.155 e. The van der Waals surface area contributed by atoms with Crippen molar-refractivity contribution >= 4 is 21.6 Å². The predicted molar refractivity (Wildman–Crippen MR) is 73.3 cm³/mol. The van der Waals surface area contributed by atoms with E-state index in [1.54, 1.807) is 6.20 Å². The van der Waals surface area contributed by atoms with E-state index in [-0.39, 0.29) is 0 Å². The summed E-state index contributed by atoms with van der Waals surface area (Å²) in [6.45, 7) is 5.02. The Labute approximate surface area is 114 Å². The van der Waals surface area contributed by atoms with Crippen molar-refractivity contribution in [3.8, 4) is 0 Å². The summed E-state index contributed by atoms with van der Waals surface area (Å²) in [4.78, 5) is 8.40. The Bertz CT molecular complexity index is 538. The molecule has 0 radical (unpaired) electrons. The van der Waals surface area contributed by atoms with Crippen molar-refractivity contribution in [2.24, 2.45) is 0 Å². The first-order chi connectivity index (χ1) is 8.52. The first kappa shape index (κ1) is 13.5. The van der Waals surface area contributed by atoms with Crippen LogP contribution in [0.2, 0.25) is 0 Å². The van der Waals surface area contributed by atoms with Crippen LogP contribution >= 0.6 is 15.9 Å². The molecule has 0 amide bonds. The molecule has 0 aliphatic heterocycles. The van der Waals surface area contributed by atoms with Crippen LogP contribution < -0.4 is 5.32 Å². The quantitative estimate of drug-likeness (QED) is 0.883. The number of fused-ring (bicyclic) bond motifs is 1. The van der Waals surface area contributed by atoms with Crippen molar-refractivity contribution in [1.82, 2.24) is 19.7 Å². The molecule has 2 heterocycles. The number of imidazole rings is 1. The first-order valence-corrected chi connectivity index (χ1v) is 6.72. The van der Waals surface area contributed by atoms with E-state index in [0.717, 1.165) is 22.4 Å². The lowest BCUT2D eigenvalue weighted by Crippen LogP contribution is -2.36. The molecule has 1 atom stereocenters. The molecule has 1 unspecified atom stereocenters. The highest BCUT2D eigenvalue weighted by molar-refractivity contribution is 9.10. The Morgan fingerprint density at radius 3 is 2.94 bits per heavy atom. The molecule has 0 aromatic carbocycles. The molecule has 6 heteroatoms. The summed E-state index contributed by atoms with van der Waals surface area (Å²) in [7, 11) is 0. The Morgan fingerprint density at radius 1 is 1.44 bits per heavy atom. The van der Waals surface area contributed by atoms with Crippen LogP contribution in [0.4, 0.5) is 0 Å². The van der Waals surface area contributed by atoms with Crippen LogP contribution in [0, 0.1) is 0 Å². The average molecular weight is 313 g/mol. The minimum Gasteiger partial charge on any atom is -0.389 e. The van der Waals surface area contributed by atoms with Crippen molar-refractivity contribution < 1.29 is 5.11 Å². The molecule has 98 valence electrons. The minimum absolute atomic E-state index is 0.559. The van der Waals surface area contributed by atoms with Gasteiger partial charge in [-0.2, -0.15) is 0 Å². The van der Waals surface area contributed by atoms with Gasteiger partial charge in [-0.15, -0.1) is 0 Å². The maximum absolute atomic E-state index is 9.91. The molecule has 0 aliphatic rings. The van der Waals surface area contributed by atoms with Crippen LogP contribution in [0.15, 0.2) is 23.2 Å². The highest BCUT2D eigenvalue weighted by atomic mass is 79.9. The third-order valence-electron chi connectivity index (χ3n) is 3.01. The zero-order chi connectivity index (χ0) is 13.2. The third kappa shape index (κ3) is 3.07. The number of hydrogen-bond donors (Lipinski definition) is 2. The number of aliphatic hydroxyl groups is 1. The molecule has 0 saturated heterocycles. The topological polar surface area (TPSA) is 62.5 Å². The van der Waals surface area contributed by atoms with E-state index in [2.05, 4.69) is 31.2 Å². The van der Waals surface area contributed by atoms with Gasteiger partial charge in [0.15, 0.2) is 5.65 Å². The van der Waals surface area contributed by atoms with Crippen molar-refractivity contribution in [3.63, 3.8) is 0 Å². The van der Waals surface area contributed by atoms with E-state index in [9.17, 15) is 5.11 Å². The van der Waals surface area contributed by atoms with E-state index >= 15 is 0 Å². The van der Waals surface area contributed by atoms with Crippen LogP contribution in [0.25, 0.3) is 5.65 Å². The van der Waals surface area contributed by atoms with Gasteiger partial charge in [0.2, 0.25) is 0 Å². The van der Waals surface area contributed by atoms with Crippen molar-refractivity contribution in [1.29, 1.82) is 0 Å². The summed E-state index contributed by atoms with van der Waals surface area (Å²) in [6.07, 6.45) is 6.15. The molecule has 5 nitrogen and oxygen atoms in total. The average Bonchev–Trinajstić information content (AvgIpc) is 2.72. The van der Waals surface area contributed by atoms with Gasteiger partial charge in [-0.25, -0.2) is 9.97 Å². The molecule has 0 spiro atoms. The molecule has 2 aromatic heterocycles. The van der Waals surface area contributed by atoms with E-state index in [0.29, 0.717) is 13.1 Å². The van der Waals surface area contributed by atoms with Gasteiger partial charge in [0, 0.05) is 19.3 Å². The number of rotatable bonds is 5. The second kappa shape index (κ2) is 5.34. The summed E-state index contributed by atoms with van der Waals surface area (Å²) in [5.74, 6) is 0. The second-order valence-corrected chi connectivity index (χ2v) is 5.45. The van der Waals surface area contributed by atoms with Crippen molar-refractivity contribution in [2.75, 3.05) is 6.54 Å². The van der Waals surface area contributed by atoms with Gasteiger partial charge in [0.1, 0.15) is 4.60 Å². The molecule has 0 saturated carbocycles. The van der Waals surface area contributed by atoms with Gasteiger partial charge >= 0.3 is 0 Å². The summed E-state index contributed by atoms with van der Waals surface area (Å²) in [6, 6.07) is 0. The molecule has 2 rings (SSSR count). The monoisotopic (exact) mass is 312 g/mol. The lowest BCUT2D eigenvalue weighted by molar-refractivity contribution is 0.0555. The van der Waals surface area contributed by atoms with Crippen LogP contribution in [-0.4, -0.2) is 31.6 Å². The highest BCUT2D eigenvalue weighted by Crippen LogP contribution is 2.11. The van der Waals surface area contributed by atoms with Crippen LogP contribution in [-0.2, 0) is 6.54 Å². The van der Waals surface area contributed by atoms with Gasteiger partial charge in [-0.05, 0) is 29.3 Å².